The fraction of sp³-hybridized carbons (Fsp3) is 0.861. The van der Waals surface area contributed by atoms with Crippen molar-refractivity contribution in [2.45, 2.75) is 141 Å². The van der Waals surface area contributed by atoms with Crippen LogP contribution in [0.2, 0.25) is 0 Å². The number of nitrogens with one attached hydrogen (secondary N) is 1. The third-order valence-electron chi connectivity index (χ3n) is 9.17. The fourth-order valence-electron chi connectivity index (χ4n) is 6.44. The summed E-state index contributed by atoms with van der Waals surface area (Å²) in [4.78, 5) is 64.4. The van der Waals surface area contributed by atoms with Crippen LogP contribution in [0.1, 0.15) is 73.6 Å². The number of nitrogens with zero attached hydrogens (tertiary/aromatic N) is 1. The Labute approximate surface area is 313 Å². The highest BCUT2D eigenvalue weighted by Crippen LogP contribution is 2.36. The zero-order valence-electron chi connectivity index (χ0n) is 33.4. The molecule has 2 N–H and O–H groups in total. The third kappa shape index (κ3) is 15.9. The van der Waals surface area contributed by atoms with Crippen LogP contribution in [-0.4, -0.2) is 157 Å². The number of carbonyl (C=O) groups is 5. The van der Waals surface area contributed by atoms with Gasteiger partial charge in [0, 0.05) is 53.9 Å². The molecule has 0 bridgehead atoms. The standard InChI is InChI=1S/C36H64N2O15/c1-13-28(42)52-26(18-29(43)48-21(3)14-15-37-7)34(47-12)33(25(17-30(45-10)46-11)16-20(2)27(19-39)50-23(5)40)53-36-35(51-24(6)41)31(38(8)9)32(44)22(4)49-36/h19-22,25-27,30-37,44H,13-18H2,1-12H3/t20?,21?,22-,25-,26?,27+,31+,32-,33+,34-,35-,36+/m1/s1. The molecular formula is C36H64N2O15. The molecule has 1 rings (SSSR count). The van der Waals surface area contributed by atoms with Gasteiger partial charge in [-0.05, 0) is 60.3 Å². The lowest BCUT2D eigenvalue weighted by molar-refractivity contribution is -0.313. The van der Waals surface area contributed by atoms with Gasteiger partial charge >= 0.3 is 23.9 Å². The van der Waals surface area contributed by atoms with Crippen molar-refractivity contribution in [2.24, 2.45) is 11.8 Å². The number of hydrogen-bond acceptors (Lipinski definition) is 17. The van der Waals surface area contributed by atoms with Crippen molar-refractivity contribution in [1.82, 2.24) is 10.2 Å². The van der Waals surface area contributed by atoms with Crippen molar-refractivity contribution in [1.29, 1.82) is 0 Å². The summed E-state index contributed by atoms with van der Waals surface area (Å²) in [5.41, 5.74) is 0. The van der Waals surface area contributed by atoms with Crippen molar-refractivity contribution in [2.75, 3.05) is 49.0 Å². The molecule has 12 atom stereocenters. The van der Waals surface area contributed by atoms with Gasteiger partial charge in [0.15, 0.2) is 31.1 Å². The van der Waals surface area contributed by atoms with E-state index in [2.05, 4.69) is 5.32 Å². The van der Waals surface area contributed by atoms with Crippen LogP contribution >= 0.6 is 0 Å². The Morgan fingerprint density at radius 1 is 0.925 bits per heavy atom. The SMILES string of the molecule is CCC(=O)OC(CC(=O)OC(C)CCNC)[C@@H](OC)[C@@H](O[C@@H]1O[C@H](C)[C@@H](O)[C@H](N(C)C)[C@H]1OC(C)=O)[C@@H](CC(OC)OC)CC(C)[C@H](C=O)OC(C)=O. The summed E-state index contributed by atoms with van der Waals surface area (Å²) in [5.74, 6) is -3.95. The summed E-state index contributed by atoms with van der Waals surface area (Å²) in [6, 6.07) is -0.788. The molecule has 1 fully saturated rings. The van der Waals surface area contributed by atoms with E-state index >= 15 is 0 Å². The lowest BCUT2D eigenvalue weighted by Gasteiger charge is -2.48. The van der Waals surface area contributed by atoms with Crippen molar-refractivity contribution in [3.05, 3.63) is 0 Å². The summed E-state index contributed by atoms with van der Waals surface area (Å²) >= 11 is 0. The molecule has 0 spiro atoms. The minimum Gasteiger partial charge on any atom is -0.463 e. The number of likely N-dealkylation sites (N-methyl/N-ethyl adjacent to an activating group) is 1. The van der Waals surface area contributed by atoms with Crippen LogP contribution in [-0.2, 0) is 66.6 Å². The van der Waals surface area contributed by atoms with Gasteiger partial charge in [0.25, 0.3) is 0 Å². The van der Waals surface area contributed by atoms with Crippen LogP contribution in [0.15, 0.2) is 0 Å². The second-order valence-corrected chi connectivity index (χ2v) is 13.6. The highest BCUT2D eigenvalue weighted by Gasteiger charge is 2.51. The van der Waals surface area contributed by atoms with E-state index in [1.165, 1.54) is 35.2 Å². The molecule has 17 heteroatoms. The van der Waals surface area contributed by atoms with Gasteiger partial charge in [-0.2, -0.15) is 0 Å². The lowest BCUT2D eigenvalue weighted by Crippen LogP contribution is -2.64. The number of ether oxygens (including phenoxy) is 9. The van der Waals surface area contributed by atoms with Crippen molar-refractivity contribution in [3.8, 4) is 0 Å². The molecule has 1 saturated heterocycles. The first-order chi connectivity index (χ1) is 25.0. The smallest absolute Gasteiger partial charge is 0.309 e. The first kappa shape index (κ1) is 48.2. The van der Waals surface area contributed by atoms with Gasteiger partial charge in [-0.15, -0.1) is 0 Å². The summed E-state index contributed by atoms with van der Waals surface area (Å²) in [6.07, 6.45) is -9.70. The van der Waals surface area contributed by atoms with E-state index < -0.39 is 110 Å². The number of carbonyl (C=O) groups excluding carboxylic acids is 5. The van der Waals surface area contributed by atoms with Crippen molar-refractivity contribution < 1.29 is 71.7 Å². The zero-order chi connectivity index (χ0) is 40.4. The van der Waals surface area contributed by atoms with E-state index in [0.717, 1.165) is 0 Å². The Morgan fingerprint density at radius 3 is 2.06 bits per heavy atom. The molecule has 308 valence electrons. The average Bonchev–Trinajstić information content (AvgIpc) is 3.09. The largest absolute Gasteiger partial charge is 0.463 e. The molecule has 0 aliphatic carbocycles. The lowest BCUT2D eigenvalue weighted by atomic mass is 9.82. The van der Waals surface area contributed by atoms with Gasteiger partial charge in [0.05, 0.1) is 30.8 Å². The Morgan fingerprint density at radius 2 is 1.57 bits per heavy atom. The van der Waals surface area contributed by atoms with Crippen LogP contribution in [0, 0.1) is 11.8 Å². The van der Waals surface area contributed by atoms with Crippen molar-refractivity contribution >= 4 is 30.2 Å². The Balaban J connectivity index is 3.98. The van der Waals surface area contributed by atoms with Crippen molar-refractivity contribution in [3.63, 3.8) is 0 Å². The van der Waals surface area contributed by atoms with Gasteiger partial charge in [-0.3, -0.25) is 24.0 Å². The van der Waals surface area contributed by atoms with E-state index in [9.17, 15) is 29.1 Å². The topological polar surface area (TPSA) is 204 Å². The summed E-state index contributed by atoms with van der Waals surface area (Å²) < 4.78 is 52.7. The number of hydrogen-bond donors (Lipinski definition) is 2. The second kappa shape index (κ2) is 24.6. The Bertz CT molecular complexity index is 1120. The highest BCUT2D eigenvalue weighted by molar-refractivity contribution is 5.73. The van der Waals surface area contributed by atoms with Crippen LogP contribution in [0.5, 0.6) is 0 Å². The van der Waals surface area contributed by atoms with Crippen LogP contribution in [0.25, 0.3) is 0 Å². The predicted molar refractivity (Wildman–Crippen MR) is 189 cm³/mol. The highest BCUT2D eigenvalue weighted by atomic mass is 16.7. The number of aldehydes is 1. The number of aliphatic hydroxyl groups excluding tert-OH is 1. The number of aliphatic hydroxyl groups is 1. The fourth-order valence-corrected chi connectivity index (χ4v) is 6.44. The second-order valence-electron chi connectivity index (χ2n) is 13.6. The molecular weight excluding hydrogens is 700 g/mol. The molecule has 17 nitrogen and oxygen atoms in total. The number of rotatable bonds is 25. The third-order valence-corrected chi connectivity index (χ3v) is 9.17. The van der Waals surface area contributed by atoms with Crippen LogP contribution in [0.4, 0.5) is 0 Å². The normalized spacial score (nSPS) is 24.3. The molecule has 0 aromatic heterocycles. The quantitative estimate of drug-likeness (QED) is 0.0584. The molecule has 53 heavy (non-hydrogen) atoms. The molecule has 0 amide bonds. The van der Waals surface area contributed by atoms with E-state index in [0.29, 0.717) is 19.3 Å². The molecule has 1 aliphatic heterocycles. The predicted octanol–water partition coefficient (Wildman–Crippen LogP) is 1.39. The van der Waals surface area contributed by atoms with E-state index in [1.807, 2.05) is 0 Å². The molecule has 0 aromatic carbocycles. The maximum Gasteiger partial charge on any atom is 0.309 e. The number of esters is 4. The van der Waals surface area contributed by atoms with E-state index in [4.69, 9.17) is 42.6 Å². The maximum atomic E-state index is 13.4. The molecule has 0 saturated carbocycles. The Hall–Kier alpha value is -2.77. The summed E-state index contributed by atoms with van der Waals surface area (Å²) in [7, 11) is 9.42. The average molecular weight is 765 g/mol. The molecule has 0 radical (unpaired) electrons. The van der Waals surface area contributed by atoms with Gasteiger partial charge < -0.3 is 58.0 Å². The minimum atomic E-state index is -1.33. The Kier molecular flexibility index (Phi) is 22.4. The monoisotopic (exact) mass is 764 g/mol. The molecule has 3 unspecified atom stereocenters. The summed E-state index contributed by atoms with van der Waals surface area (Å²) in [6.45, 7) is 9.70. The molecule has 1 heterocycles. The van der Waals surface area contributed by atoms with E-state index in [1.54, 1.807) is 53.7 Å². The van der Waals surface area contributed by atoms with E-state index in [-0.39, 0.29) is 19.3 Å². The van der Waals surface area contributed by atoms with Crippen LogP contribution < -0.4 is 5.32 Å². The number of methoxy groups -OCH3 is 3. The summed E-state index contributed by atoms with van der Waals surface area (Å²) in [5, 5.41) is 14.2. The maximum absolute atomic E-state index is 13.4. The molecule has 1 aliphatic rings. The van der Waals surface area contributed by atoms with Gasteiger partial charge in [-0.25, -0.2) is 0 Å². The van der Waals surface area contributed by atoms with Crippen LogP contribution in [0.3, 0.4) is 0 Å². The van der Waals surface area contributed by atoms with Gasteiger partial charge in [-0.1, -0.05) is 13.8 Å². The molecule has 0 aromatic rings. The minimum absolute atomic E-state index is 0.0223. The van der Waals surface area contributed by atoms with Gasteiger partial charge in [0.2, 0.25) is 0 Å². The zero-order valence-corrected chi connectivity index (χ0v) is 33.4. The first-order valence-corrected chi connectivity index (χ1v) is 18.0. The van der Waals surface area contributed by atoms with Gasteiger partial charge in [0.1, 0.15) is 18.3 Å². The first-order valence-electron chi connectivity index (χ1n) is 18.0.